The van der Waals surface area contributed by atoms with Gasteiger partial charge >= 0.3 is 0 Å². The van der Waals surface area contributed by atoms with Crippen molar-refractivity contribution in [3.05, 3.63) is 212 Å². The van der Waals surface area contributed by atoms with Gasteiger partial charge in [0, 0.05) is 47.0 Å². The van der Waals surface area contributed by atoms with Gasteiger partial charge < -0.3 is 4.90 Å². The Morgan fingerprint density at radius 3 is 1.58 bits per heavy atom. The number of fused-ring (bicyclic) bond motifs is 9. The molecule has 1 nitrogen and oxygen atoms in total. The Kier molecular flexibility index (Phi) is 7.97. The van der Waals surface area contributed by atoms with Gasteiger partial charge in [-0.2, -0.15) is 0 Å². The van der Waals surface area contributed by atoms with Crippen LogP contribution in [0.4, 0.5) is 17.1 Å². The third kappa shape index (κ3) is 5.66. The van der Waals surface area contributed by atoms with Gasteiger partial charge in [0.2, 0.25) is 0 Å². The Balaban J connectivity index is 1.03. The average Bonchev–Trinajstić information content (AvgIpc) is 3.89. The smallest absolute Gasteiger partial charge is 0.0646 e. The summed E-state index contributed by atoms with van der Waals surface area (Å²) < 4.78 is 5.24. The van der Waals surface area contributed by atoms with E-state index in [4.69, 9.17) is 0 Å². The molecule has 0 saturated heterocycles. The molecule has 0 radical (unpaired) electrons. The molecule has 0 spiro atoms. The molecule has 0 aliphatic carbocycles. The average molecular weight is 786 g/mol. The number of benzene rings is 10. The lowest BCUT2D eigenvalue weighted by atomic mass is 9.91. The van der Waals surface area contributed by atoms with Gasteiger partial charge in [-0.05, 0) is 103 Å². The van der Waals surface area contributed by atoms with Gasteiger partial charge in [0.05, 0.1) is 10.4 Å². The normalized spacial score (nSPS) is 11.7. The third-order valence-electron chi connectivity index (χ3n) is 11.9. The summed E-state index contributed by atoms with van der Waals surface area (Å²) in [5, 5.41) is 10.3. The van der Waals surface area contributed by atoms with Crippen LogP contribution in [0.3, 0.4) is 0 Å². The van der Waals surface area contributed by atoms with Crippen LogP contribution in [0.25, 0.3) is 95.3 Å². The quantitative estimate of drug-likeness (QED) is 0.162. The van der Waals surface area contributed by atoms with Gasteiger partial charge in [0.1, 0.15) is 0 Å². The molecular weight excluding hydrogens is 751 g/mol. The monoisotopic (exact) mass is 785 g/mol. The fourth-order valence-electron chi connectivity index (χ4n) is 9.09. The third-order valence-corrected chi connectivity index (χ3v) is 14.2. The van der Waals surface area contributed by atoms with Crippen LogP contribution in [0, 0.1) is 0 Å². The summed E-state index contributed by atoms with van der Waals surface area (Å²) in [6.07, 6.45) is 0. The molecule has 2 heterocycles. The first-order valence-corrected chi connectivity index (χ1v) is 21.7. The van der Waals surface area contributed by atoms with Crippen LogP contribution in [-0.2, 0) is 0 Å². The van der Waals surface area contributed by atoms with Crippen molar-refractivity contribution >= 4 is 102 Å². The number of nitrogens with zero attached hydrogens (tertiary/aromatic N) is 1. The highest BCUT2D eigenvalue weighted by Crippen LogP contribution is 2.49. The van der Waals surface area contributed by atoms with Crippen LogP contribution >= 0.6 is 22.7 Å². The predicted molar refractivity (Wildman–Crippen MR) is 258 cm³/mol. The van der Waals surface area contributed by atoms with Gasteiger partial charge in [-0.3, -0.25) is 0 Å². The van der Waals surface area contributed by atoms with Gasteiger partial charge in [-0.1, -0.05) is 164 Å². The molecule has 0 aliphatic rings. The van der Waals surface area contributed by atoms with Crippen molar-refractivity contribution in [3.8, 4) is 33.4 Å². The van der Waals surface area contributed by atoms with E-state index in [0.717, 1.165) is 11.4 Å². The molecule has 0 N–H and O–H groups in total. The highest BCUT2D eigenvalue weighted by atomic mass is 32.1. The van der Waals surface area contributed by atoms with E-state index < -0.39 is 0 Å². The van der Waals surface area contributed by atoms with Gasteiger partial charge in [0.15, 0.2) is 0 Å². The minimum absolute atomic E-state index is 1.12. The number of hydrogen-bond acceptors (Lipinski definition) is 3. The van der Waals surface area contributed by atoms with E-state index in [9.17, 15) is 0 Å². The maximum atomic E-state index is 2.46. The summed E-state index contributed by atoms with van der Waals surface area (Å²) >= 11 is 3.75. The summed E-state index contributed by atoms with van der Waals surface area (Å²) in [7, 11) is 0. The number of thiophene rings is 2. The number of anilines is 3. The van der Waals surface area contributed by atoms with E-state index in [1.165, 1.54) is 101 Å². The first-order valence-electron chi connectivity index (χ1n) is 20.1. The Hall–Kier alpha value is -7.04. The number of hydrogen-bond donors (Lipinski definition) is 0. The summed E-state index contributed by atoms with van der Waals surface area (Å²) in [5.74, 6) is 0. The molecule has 2 aromatic heterocycles. The predicted octanol–water partition coefficient (Wildman–Crippen LogP) is 17.2. The molecule has 0 bridgehead atoms. The molecule has 59 heavy (non-hydrogen) atoms. The van der Waals surface area contributed by atoms with Gasteiger partial charge in [-0.25, -0.2) is 0 Å². The van der Waals surface area contributed by atoms with Crippen molar-refractivity contribution in [2.24, 2.45) is 0 Å². The summed E-state index contributed by atoms with van der Waals surface area (Å²) in [5.41, 5.74) is 10.8. The zero-order valence-electron chi connectivity index (χ0n) is 32.0. The van der Waals surface area contributed by atoms with E-state index in [0.29, 0.717) is 0 Å². The molecule has 276 valence electrons. The van der Waals surface area contributed by atoms with Crippen LogP contribution in [0.15, 0.2) is 212 Å². The SMILES string of the molecule is c1ccc(-c2cccc3cccc(-c4ccc(N(c5ccc(-c6ccc7c(c6)sc6ccccc67)cc5)c5cc6ccccc6c6c5sc5ccccc56)cc4)c23)cc1. The Morgan fingerprint density at radius 2 is 0.847 bits per heavy atom. The second-order valence-electron chi connectivity index (χ2n) is 15.2. The molecule has 10 aromatic carbocycles. The standard InChI is InChI=1S/C56H35NS2/c1-2-12-37(13-3-1)44-20-10-15-39-16-11-21-45(54(39)44)38-26-31-43(32-27-38)57(50-34-41-14-4-5-17-46(41)55-49-19-7-9-23-52(49)59-56(50)55)42-29-24-36(25-30-42)40-28-33-48-47-18-6-8-22-51(47)58-53(48)35-40/h1-35H. The summed E-state index contributed by atoms with van der Waals surface area (Å²) in [6.45, 7) is 0. The maximum Gasteiger partial charge on any atom is 0.0646 e. The van der Waals surface area contributed by atoms with E-state index in [1.807, 2.05) is 22.7 Å². The van der Waals surface area contributed by atoms with Crippen molar-refractivity contribution in [1.29, 1.82) is 0 Å². The first kappa shape index (κ1) is 34.0. The molecule has 12 aromatic rings. The minimum Gasteiger partial charge on any atom is -0.309 e. The fraction of sp³-hybridized carbons (Fsp3) is 0. The van der Waals surface area contributed by atoms with Crippen LogP contribution in [0.2, 0.25) is 0 Å². The molecule has 3 heteroatoms. The maximum absolute atomic E-state index is 2.46. The topological polar surface area (TPSA) is 3.24 Å². The van der Waals surface area contributed by atoms with Crippen molar-refractivity contribution < 1.29 is 0 Å². The minimum atomic E-state index is 1.12. The van der Waals surface area contributed by atoms with Crippen LogP contribution in [0.5, 0.6) is 0 Å². The van der Waals surface area contributed by atoms with Crippen molar-refractivity contribution in [1.82, 2.24) is 0 Å². The van der Waals surface area contributed by atoms with Crippen LogP contribution < -0.4 is 4.90 Å². The van der Waals surface area contributed by atoms with E-state index in [1.54, 1.807) is 0 Å². The van der Waals surface area contributed by atoms with Crippen molar-refractivity contribution in [2.75, 3.05) is 4.90 Å². The Bertz CT molecular complexity index is 3540. The largest absolute Gasteiger partial charge is 0.309 e. The lowest BCUT2D eigenvalue weighted by molar-refractivity contribution is 1.30. The van der Waals surface area contributed by atoms with Crippen molar-refractivity contribution in [2.45, 2.75) is 0 Å². The number of rotatable bonds is 6. The fourth-order valence-corrected chi connectivity index (χ4v) is 11.5. The zero-order chi connectivity index (χ0) is 38.9. The molecule has 0 aliphatic heterocycles. The van der Waals surface area contributed by atoms with Crippen LogP contribution in [-0.4, -0.2) is 0 Å². The lowest BCUT2D eigenvalue weighted by Gasteiger charge is -2.27. The Morgan fingerprint density at radius 1 is 0.305 bits per heavy atom. The Labute approximate surface area is 350 Å². The first-order chi connectivity index (χ1) is 29.2. The zero-order valence-corrected chi connectivity index (χ0v) is 33.6. The molecule has 0 amide bonds. The van der Waals surface area contributed by atoms with E-state index >= 15 is 0 Å². The molecule has 0 fully saturated rings. The van der Waals surface area contributed by atoms with Gasteiger partial charge in [-0.15, -0.1) is 22.7 Å². The van der Waals surface area contributed by atoms with Crippen LogP contribution in [0.1, 0.15) is 0 Å². The summed E-state index contributed by atoms with van der Waals surface area (Å²) in [4.78, 5) is 2.46. The second-order valence-corrected chi connectivity index (χ2v) is 17.4. The molecular formula is C56H35NS2. The van der Waals surface area contributed by atoms with Crippen molar-refractivity contribution in [3.63, 3.8) is 0 Å². The molecule has 12 rings (SSSR count). The van der Waals surface area contributed by atoms with E-state index in [2.05, 4.69) is 217 Å². The molecule has 0 saturated carbocycles. The molecule has 0 unspecified atom stereocenters. The summed E-state index contributed by atoms with van der Waals surface area (Å²) in [6, 6.07) is 78.1. The van der Waals surface area contributed by atoms with E-state index in [-0.39, 0.29) is 0 Å². The molecule has 0 atom stereocenters. The van der Waals surface area contributed by atoms with Gasteiger partial charge in [0.25, 0.3) is 0 Å². The lowest BCUT2D eigenvalue weighted by Crippen LogP contribution is -2.10. The highest BCUT2D eigenvalue weighted by Gasteiger charge is 2.21. The highest BCUT2D eigenvalue weighted by molar-refractivity contribution is 7.26. The second kappa shape index (κ2) is 13.8.